The number of nitrogens with one attached hydrogen (secondary N) is 1. The molecule has 0 amide bonds. The van der Waals surface area contributed by atoms with Crippen molar-refractivity contribution >= 4 is 38.1 Å². The monoisotopic (exact) mass is 541 g/mol. The van der Waals surface area contributed by atoms with Crippen molar-refractivity contribution in [1.82, 2.24) is 9.55 Å². The van der Waals surface area contributed by atoms with E-state index in [-0.39, 0.29) is 28.9 Å². The number of aliphatic carboxylic acids is 1. The number of anilines is 2. The highest BCUT2D eigenvalue weighted by atomic mass is 32.2. The molecule has 1 aliphatic rings. The molecule has 1 aliphatic heterocycles. The first-order chi connectivity index (χ1) is 17.9. The van der Waals surface area contributed by atoms with E-state index in [0.717, 1.165) is 18.4 Å². The maximum absolute atomic E-state index is 15.4. The number of carbonyl (C=O) groups is 1. The van der Waals surface area contributed by atoms with Gasteiger partial charge in [0.1, 0.15) is 17.2 Å². The summed E-state index contributed by atoms with van der Waals surface area (Å²) in [5.74, 6) is -3.75. The van der Waals surface area contributed by atoms with Gasteiger partial charge in [0.15, 0.2) is 9.84 Å². The van der Waals surface area contributed by atoms with Gasteiger partial charge in [0.25, 0.3) is 5.56 Å². The molecule has 2 unspecified atom stereocenters. The topological polar surface area (TPSA) is 112 Å². The molecule has 2 aromatic heterocycles. The third-order valence-corrected chi connectivity index (χ3v) is 7.77. The summed E-state index contributed by atoms with van der Waals surface area (Å²) in [6.07, 6.45) is 4.41. The number of pyridine rings is 1. The third-order valence-electron chi connectivity index (χ3n) is 6.91. The van der Waals surface area contributed by atoms with Crippen LogP contribution in [0.2, 0.25) is 0 Å². The molecule has 8 nitrogen and oxygen atoms in total. The molecule has 11 heteroatoms. The first-order valence-corrected chi connectivity index (χ1v) is 13.9. The van der Waals surface area contributed by atoms with E-state index in [1.165, 1.54) is 17.6 Å². The fraction of sp³-hybridized carbons (Fsp3) is 0.259. The van der Waals surface area contributed by atoms with Crippen LogP contribution in [0.1, 0.15) is 30.5 Å². The Hall–Kier alpha value is -3.99. The Bertz CT molecular complexity index is 1780. The Morgan fingerprint density at radius 2 is 1.84 bits per heavy atom. The molecule has 0 saturated heterocycles. The molecule has 4 aromatic rings. The van der Waals surface area contributed by atoms with Gasteiger partial charge in [-0.15, -0.1) is 0 Å². The number of hydrogen-bond donors (Lipinski definition) is 2. The number of carboxylic acids is 1. The first-order valence-electron chi connectivity index (χ1n) is 11.8. The van der Waals surface area contributed by atoms with E-state index < -0.39 is 39.4 Å². The number of aromatic nitrogens is 2. The maximum atomic E-state index is 15.4. The fourth-order valence-corrected chi connectivity index (χ4v) is 5.99. The van der Waals surface area contributed by atoms with Gasteiger partial charge < -0.3 is 19.6 Å². The van der Waals surface area contributed by atoms with Gasteiger partial charge in [-0.1, -0.05) is 13.0 Å². The molecule has 0 aliphatic carbocycles. The second kappa shape index (κ2) is 9.09. The zero-order valence-corrected chi connectivity index (χ0v) is 21.6. The molecule has 2 N–H and O–H groups in total. The van der Waals surface area contributed by atoms with Crippen LogP contribution in [0, 0.1) is 17.6 Å². The third kappa shape index (κ3) is 4.36. The number of aryl methyl sites for hydroxylation is 1. The summed E-state index contributed by atoms with van der Waals surface area (Å²) in [4.78, 5) is 29.6. The summed E-state index contributed by atoms with van der Waals surface area (Å²) in [6, 6.07) is 7.36. The number of benzene rings is 2. The fourth-order valence-electron chi connectivity index (χ4n) is 5.21. The number of rotatable bonds is 6. The minimum absolute atomic E-state index is 0.0139. The summed E-state index contributed by atoms with van der Waals surface area (Å²) >= 11 is 0. The number of carboxylic acid groups (broad SMARTS) is 1. The molecule has 0 bridgehead atoms. The Balaban J connectivity index is 1.90. The van der Waals surface area contributed by atoms with Crippen LogP contribution in [0.4, 0.5) is 20.2 Å². The van der Waals surface area contributed by atoms with Crippen molar-refractivity contribution in [2.75, 3.05) is 11.2 Å². The van der Waals surface area contributed by atoms with Gasteiger partial charge in [-0.05, 0) is 36.2 Å². The van der Waals surface area contributed by atoms with E-state index in [0.29, 0.717) is 33.3 Å². The van der Waals surface area contributed by atoms with E-state index >= 15 is 4.39 Å². The molecular formula is C27H25F2N3O5S. The van der Waals surface area contributed by atoms with Crippen LogP contribution in [-0.4, -0.2) is 35.3 Å². The highest BCUT2D eigenvalue weighted by Gasteiger charge is 2.36. The van der Waals surface area contributed by atoms with Crippen LogP contribution in [0.5, 0.6) is 0 Å². The summed E-state index contributed by atoms with van der Waals surface area (Å²) in [5.41, 5.74) is 2.65. The van der Waals surface area contributed by atoms with Crippen LogP contribution >= 0.6 is 0 Å². The first kappa shape index (κ1) is 25.7. The molecular weight excluding hydrogens is 516 g/mol. The molecule has 2 aromatic carbocycles. The number of nitrogens with zero attached hydrogens (tertiary/aromatic N) is 2. The van der Waals surface area contributed by atoms with Crippen molar-refractivity contribution in [3.8, 4) is 11.1 Å². The second-order valence-corrected chi connectivity index (χ2v) is 12.0. The van der Waals surface area contributed by atoms with Crippen molar-refractivity contribution in [1.29, 1.82) is 0 Å². The Morgan fingerprint density at radius 3 is 2.50 bits per heavy atom. The molecule has 2 atom stereocenters. The van der Waals surface area contributed by atoms with Crippen molar-refractivity contribution in [2.24, 2.45) is 13.0 Å². The summed E-state index contributed by atoms with van der Waals surface area (Å²) in [5, 5.41) is 10.3. The van der Waals surface area contributed by atoms with Gasteiger partial charge in [0, 0.05) is 59.5 Å². The maximum Gasteiger partial charge on any atom is 0.306 e. The summed E-state index contributed by atoms with van der Waals surface area (Å²) < 4.78 is 54.8. The van der Waals surface area contributed by atoms with E-state index in [1.54, 1.807) is 42.5 Å². The number of aromatic amines is 1. The Labute approximate surface area is 217 Å². The van der Waals surface area contributed by atoms with Crippen molar-refractivity contribution in [2.45, 2.75) is 25.1 Å². The molecule has 0 radical (unpaired) electrons. The van der Waals surface area contributed by atoms with Crippen LogP contribution in [0.25, 0.3) is 22.0 Å². The van der Waals surface area contributed by atoms with Crippen molar-refractivity contribution in [3.63, 3.8) is 0 Å². The second-order valence-electron chi connectivity index (χ2n) is 9.83. The predicted octanol–water partition coefficient (Wildman–Crippen LogP) is 4.66. The van der Waals surface area contributed by atoms with Gasteiger partial charge in [-0.25, -0.2) is 17.2 Å². The highest BCUT2D eigenvalue weighted by molar-refractivity contribution is 7.89. The number of H-pyrrole nitrogens is 1. The molecule has 198 valence electrons. The Morgan fingerprint density at radius 1 is 1.13 bits per heavy atom. The minimum Gasteiger partial charge on any atom is -0.481 e. The number of sulfone groups is 1. The molecule has 0 fully saturated rings. The molecule has 0 saturated carbocycles. The lowest BCUT2D eigenvalue weighted by Crippen LogP contribution is -2.28. The van der Waals surface area contributed by atoms with E-state index in [9.17, 15) is 27.5 Å². The molecule has 5 rings (SSSR count). The van der Waals surface area contributed by atoms with Gasteiger partial charge in [0.2, 0.25) is 0 Å². The van der Waals surface area contributed by atoms with Crippen molar-refractivity contribution < 1.29 is 27.1 Å². The van der Waals surface area contributed by atoms with Gasteiger partial charge >= 0.3 is 5.97 Å². The number of fused-ring (bicyclic) bond motifs is 2. The van der Waals surface area contributed by atoms with E-state index in [4.69, 9.17) is 0 Å². The largest absolute Gasteiger partial charge is 0.481 e. The zero-order valence-electron chi connectivity index (χ0n) is 20.8. The number of halogens is 2. The molecule has 3 heterocycles. The van der Waals surface area contributed by atoms with Crippen LogP contribution in [-0.2, 0) is 27.4 Å². The van der Waals surface area contributed by atoms with Crippen LogP contribution in [0.15, 0.2) is 53.6 Å². The average molecular weight is 542 g/mol. The van der Waals surface area contributed by atoms with Gasteiger partial charge in [-0.2, -0.15) is 0 Å². The summed E-state index contributed by atoms with van der Waals surface area (Å²) in [7, 11) is -1.80. The molecule has 38 heavy (non-hydrogen) atoms. The Kier molecular flexibility index (Phi) is 6.13. The molecule has 0 spiro atoms. The van der Waals surface area contributed by atoms with Crippen LogP contribution in [0.3, 0.4) is 0 Å². The highest BCUT2D eigenvalue weighted by Crippen LogP contribution is 2.50. The smallest absolute Gasteiger partial charge is 0.306 e. The quantitative estimate of drug-likeness (QED) is 0.367. The minimum atomic E-state index is -3.38. The lowest BCUT2D eigenvalue weighted by molar-refractivity contribution is -0.141. The van der Waals surface area contributed by atoms with Gasteiger partial charge in [0.05, 0.1) is 23.4 Å². The van der Waals surface area contributed by atoms with E-state index in [2.05, 4.69) is 4.98 Å². The lowest BCUT2D eigenvalue weighted by Gasteiger charge is -2.35. The average Bonchev–Trinajstić information content (AvgIpc) is 3.23. The lowest BCUT2D eigenvalue weighted by atomic mass is 9.93. The van der Waals surface area contributed by atoms with Gasteiger partial charge in [-0.3, -0.25) is 9.59 Å². The zero-order chi connectivity index (χ0) is 27.5. The van der Waals surface area contributed by atoms with E-state index in [1.807, 2.05) is 0 Å². The van der Waals surface area contributed by atoms with Crippen molar-refractivity contribution in [3.05, 3.63) is 81.9 Å². The summed E-state index contributed by atoms with van der Waals surface area (Å²) in [6.45, 7) is 1.54. The number of hydrogen-bond acceptors (Lipinski definition) is 5. The predicted molar refractivity (Wildman–Crippen MR) is 140 cm³/mol. The van der Waals surface area contributed by atoms with Crippen LogP contribution < -0.4 is 10.5 Å². The standard InChI is InChI=1S/C27H25F2N3O5S/c1-14(27(34)35)8-23-18-11-30-25-24(18)19(12-31(2)26(25)33)17-9-15(13-38(3,36)37)4-6-21(17)32(23)22-7-5-16(28)10-20(22)29/h4-7,9-12,14,23,30H,8,13H2,1-3H3,(H,34,35). The normalized spacial score (nSPS) is 15.8. The SMILES string of the molecule is CC(CC1c2c[nH]c3c(=O)n(C)cc(c23)-c2cc(CS(C)(=O)=O)ccc2N1c1ccc(F)cc1F)C(=O)O.